The average Bonchev–Trinajstić information content (AvgIpc) is 1.61. The van der Waals surface area contributed by atoms with Crippen LogP contribution in [0.4, 0.5) is 35.2 Å². The molecule has 0 fully saturated rings. The van der Waals surface area contributed by atoms with Crippen molar-refractivity contribution >= 4 is 146 Å². The molecule has 0 aliphatic heterocycles. The molecular weight excluding hydrogens is 1770 g/mol. The molecule has 728 valence electrons. The second kappa shape index (κ2) is 43.2. The molecule has 0 radical (unpaired) electrons. The van der Waals surface area contributed by atoms with Gasteiger partial charge in [0.1, 0.15) is 64.7 Å². The van der Waals surface area contributed by atoms with Gasteiger partial charge in [-0.1, -0.05) is 20.9 Å². The van der Waals surface area contributed by atoms with Crippen LogP contribution in [-0.2, 0) is 0 Å². The molecule has 0 aliphatic rings. The number of rotatable bonds is 10. The van der Waals surface area contributed by atoms with Gasteiger partial charge in [-0.3, -0.25) is 24.2 Å². The molecule has 0 aromatic carbocycles. The second-order valence-electron chi connectivity index (χ2n) is 34.9. The maximum atomic E-state index is 11.4. The lowest BCUT2D eigenvalue weighted by Crippen LogP contribution is -2.12. The minimum Gasteiger partial charge on any atom is -0.383 e. The Labute approximate surface area is 789 Å². The van der Waals surface area contributed by atoms with Crippen molar-refractivity contribution in [1.29, 1.82) is 0 Å². The van der Waals surface area contributed by atoms with Gasteiger partial charge in [-0.25, -0.2) is 98.2 Å². The van der Waals surface area contributed by atoms with Crippen molar-refractivity contribution in [3.8, 4) is 0 Å². The van der Waals surface area contributed by atoms with E-state index in [0.717, 1.165) is 62.1 Å². The summed E-state index contributed by atoms with van der Waals surface area (Å²) in [5.74, 6) is 4.10. The van der Waals surface area contributed by atoms with Gasteiger partial charge in [-0.2, -0.15) is 20.1 Å². The summed E-state index contributed by atoms with van der Waals surface area (Å²) in [5, 5.41) is 39.3. The molecule has 0 amide bonds. The van der Waals surface area contributed by atoms with Crippen LogP contribution >= 0.6 is 0 Å². The highest BCUT2D eigenvalue weighted by atomic mass is 16.1. The van der Waals surface area contributed by atoms with Crippen molar-refractivity contribution < 1.29 is 0 Å². The number of aromatic amines is 4. The lowest BCUT2D eigenvalue weighted by atomic mass is 10.2. The summed E-state index contributed by atoms with van der Waals surface area (Å²) in [5.41, 5.74) is 48.3. The number of aromatic nitrogens is 41. The quantitative estimate of drug-likeness (QED) is 0.0608. The van der Waals surface area contributed by atoms with Crippen LogP contribution in [0, 0.1) is 55.4 Å². The Balaban J connectivity index is 0.000000147. The maximum Gasteiger partial charge on any atom is 0.282 e. The Hall–Kier alpha value is -16.6. The highest BCUT2D eigenvalue weighted by Crippen LogP contribution is 2.31. The van der Waals surface area contributed by atoms with Crippen LogP contribution in [0.3, 0.4) is 0 Å². The number of nitrogens with one attached hydrogen (secondary N) is 4. The van der Waals surface area contributed by atoms with Gasteiger partial charge in [0, 0.05) is 59.7 Å². The lowest BCUT2D eigenvalue weighted by molar-refractivity contribution is 0.526. The standard InChI is InChI=1S/C13H19N3.C11H16N4.C9H12N4.C9H11N3O.C8H12N6.C8H11N5O.C8H10N4O.C7H10N6O.2C7H10N6/c1-7(2)16-10(5)8(3)12-9(4)14-11(6)15-13(12)16;1-6(2)15-11-10(8(4)14-15)7(3)12-9(5)13-11;1-6(2)13-4-3-7-8(10)11-5-12-9(7)13;1-6(2)12-4-3-7-8(12)10-5-11-9(7)13;1-4(2)14-3-11-5-6(9)12-8(10)13-7(5)14;1-4(2)13-7-6(11-12-13)8(14)10-5(3)9-7;1-5(2)12-4-11-6-7(12)9-3-10-8(6)13;1-3(2)13-5-4(11-12-13)6(14)10-7(8)9-5;2*1-4(2)13-7-5(11-12-13)6(8)9-3-10-7/h7H,1-6H3;6H,1-5H3;3-6H,1-2H3,(H2,10,11,12);3-6H,1-2H3,(H,10,11,13);3-4H,1-2H3,(H4,9,10,12,13);4H,1-3H3,(H,9,10,14);3-5H,1-2H3,(H,9,10,13);3H,1-2H3,(H3,8,9,10,14);2*3-4H,1-2H3,(H2,8,9,10). The third kappa shape index (κ3) is 22.4. The van der Waals surface area contributed by atoms with Crippen LogP contribution in [0.15, 0.2) is 88.0 Å². The van der Waals surface area contributed by atoms with E-state index >= 15 is 0 Å². The maximum absolute atomic E-state index is 11.4. The number of H-pyrrole nitrogens is 4. The molecule has 0 aliphatic carbocycles. The van der Waals surface area contributed by atoms with Crippen LogP contribution in [-0.4, -0.2) is 202 Å². The van der Waals surface area contributed by atoms with Gasteiger partial charge in [-0.05, 0) is 212 Å². The summed E-state index contributed by atoms with van der Waals surface area (Å²) in [6.45, 7) is 56.8. The van der Waals surface area contributed by atoms with Crippen LogP contribution in [0.25, 0.3) is 111 Å². The molecule has 20 heterocycles. The first-order valence-electron chi connectivity index (χ1n) is 44.6. The van der Waals surface area contributed by atoms with Gasteiger partial charge >= 0.3 is 0 Å². The summed E-state index contributed by atoms with van der Waals surface area (Å²) in [4.78, 5) is 130. The molecule has 138 heavy (non-hydrogen) atoms. The number of fused-ring (bicyclic) bond motifs is 10. The van der Waals surface area contributed by atoms with Gasteiger partial charge in [0.25, 0.3) is 22.2 Å². The molecule has 0 spiro atoms. The first kappa shape index (κ1) is 102. The topological polar surface area (TPSA) is 685 Å². The minimum absolute atomic E-state index is 0.0756. The summed E-state index contributed by atoms with van der Waals surface area (Å²) in [6.07, 6.45) is 14.4. The monoisotopic (exact) mass is 1890 g/mol. The van der Waals surface area contributed by atoms with Crippen molar-refractivity contribution in [2.24, 2.45) is 0 Å². The van der Waals surface area contributed by atoms with E-state index in [-0.39, 0.29) is 75.9 Å². The molecule has 0 unspecified atom stereocenters. The van der Waals surface area contributed by atoms with E-state index in [4.69, 9.17) is 34.4 Å². The number of aryl methyl sites for hydroxylation is 7. The lowest BCUT2D eigenvalue weighted by Gasteiger charge is -2.11. The van der Waals surface area contributed by atoms with Crippen LogP contribution in [0.5, 0.6) is 0 Å². The Morgan fingerprint density at radius 2 is 0.725 bits per heavy atom. The van der Waals surface area contributed by atoms with E-state index in [1.54, 1.807) is 44.4 Å². The Bertz CT molecular complexity index is 7510. The van der Waals surface area contributed by atoms with Crippen LogP contribution in [0.2, 0.25) is 0 Å². The first-order valence-corrected chi connectivity index (χ1v) is 44.6. The third-order valence-electron chi connectivity index (χ3n) is 21.2. The number of anilines is 6. The zero-order valence-electron chi connectivity index (χ0n) is 82.8. The number of nitrogens with zero attached hydrogens (tertiary/aromatic N) is 37. The van der Waals surface area contributed by atoms with E-state index in [2.05, 4.69) is 241 Å². The van der Waals surface area contributed by atoms with Crippen molar-refractivity contribution in [3.63, 3.8) is 0 Å². The molecular formula is C87H121N47O4. The van der Waals surface area contributed by atoms with Crippen molar-refractivity contribution in [1.82, 2.24) is 202 Å². The summed E-state index contributed by atoms with van der Waals surface area (Å²) in [7, 11) is 0. The van der Waals surface area contributed by atoms with Gasteiger partial charge in [0.05, 0.1) is 82.7 Å². The highest BCUT2D eigenvalue weighted by molar-refractivity contribution is 5.88. The largest absolute Gasteiger partial charge is 0.383 e. The van der Waals surface area contributed by atoms with Crippen molar-refractivity contribution in [3.05, 3.63) is 156 Å². The van der Waals surface area contributed by atoms with Crippen LogP contribution < -0.4 is 56.6 Å². The smallest absolute Gasteiger partial charge is 0.282 e. The van der Waals surface area contributed by atoms with Crippen molar-refractivity contribution in [2.45, 2.75) is 254 Å². The molecule has 20 rings (SSSR count). The van der Waals surface area contributed by atoms with E-state index in [0.29, 0.717) is 120 Å². The van der Waals surface area contributed by atoms with Crippen molar-refractivity contribution in [2.75, 3.05) is 34.4 Å². The zero-order chi connectivity index (χ0) is 101. The van der Waals surface area contributed by atoms with Gasteiger partial charge in [-0.15, -0.1) is 20.4 Å². The minimum atomic E-state index is -0.362. The number of hydrogen-bond acceptors (Lipinski definition) is 37. The van der Waals surface area contributed by atoms with E-state index in [1.165, 1.54) is 48.3 Å². The molecule has 0 saturated heterocycles. The Kier molecular flexibility index (Phi) is 31.9. The number of imidazole rings is 2. The fourth-order valence-electron chi connectivity index (χ4n) is 14.5. The molecule has 0 bridgehead atoms. The predicted molar refractivity (Wildman–Crippen MR) is 531 cm³/mol. The summed E-state index contributed by atoms with van der Waals surface area (Å²) >= 11 is 0. The zero-order valence-corrected chi connectivity index (χ0v) is 82.8. The first-order chi connectivity index (χ1) is 65.2. The molecule has 51 heteroatoms. The van der Waals surface area contributed by atoms with E-state index in [1.807, 2.05) is 148 Å². The number of nitrogens with two attached hydrogens (primary N) is 6. The molecule has 20 aromatic rings. The summed E-state index contributed by atoms with van der Waals surface area (Å²) < 4.78 is 18.7. The highest BCUT2D eigenvalue weighted by Gasteiger charge is 2.22. The number of nitrogen functional groups attached to an aromatic ring is 6. The Morgan fingerprint density at radius 3 is 1.22 bits per heavy atom. The SMILES string of the molecule is CC(C)n1ccc2c(=O)[nH]cnc21.CC(C)n1ccc2c(N)ncnc21.CC(C)n1cnc2c(=O)[nH]cnc21.CC(C)n1cnc2c(N)nc(N)nc21.CC(C)n1nnc2c(=O)[nH]c(N)nc21.CC(C)n1nnc2c(N)ncnc21.CC(C)n1nnc2c(N)ncnc21.Cc1nc(C)c2c(C)c(C)n(C(C)C)c2n1.Cc1nc(C)c2c(C)nn(C(C)C)c2n1.Cc1nc2c(nnn2C(C)C)c(=O)[nH]1. The molecule has 0 saturated carbocycles. The van der Waals surface area contributed by atoms with Crippen LogP contribution in [0.1, 0.15) is 245 Å². The predicted octanol–water partition coefficient (Wildman–Crippen LogP) is 10.6. The average molecular weight is 1890 g/mol. The fraction of sp³-hybridized carbons (Fsp3) is 0.437. The Morgan fingerprint density at radius 1 is 0.304 bits per heavy atom. The molecule has 20 aromatic heterocycles. The molecule has 0 atom stereocenters. The van der Waals surface area contributed by atoms with E-state index in [9.17, 15) is 19.2 Å². The van der Waals surface area contributed by atoms with Gasteiger partial charge in [0.15, 0.2) is 84.6 Å². The normalized spacial score (nSPS) is 11.4. The van der Waals surface area contributed by atoms with Gasteiger partial charge in [0.2, 0.25) is 11.9 Å². The summed E-state index contributed by atoms with van der Waals surface area (Å²) in [6, 6.07) is 6.44. The molecule has 16 N–H and O–H groups in total. The fourth-order valence-corrected chi connectivity index (χ4v) is 14.5. The van der Waals surface area contributed by atoms with Gasteiger partial charge < -0.3 is 72.2 Å². The number of hydrogen-bond donors (Lipinski definition) is 10. The second-order valence-corrected chi connectivity index (χ2v) is 34.9. The van der Waals surface area contributed by atoms with E-state index < -0.39 is 0 Å². The third-order valence-corrected chi connectivity index (χ3v) is 21.2. The molecule has 51 nitrogen and oxygen atoms in total.